The van der Waals surface area contributed by atoms with Gasteiger partial charge in [0.05, 0.1) is 0 Å². The fourth-order valence-corrected chi connectivity index (χ4v) is 3.31. The molecule has 1 aromatic carbocycles. The molecule has 0 fully saturated rings. The molecule has 0 spiro atoms. The van der Waals surface area contributed by atoms with Gasteiger partial charge in [0, 0.05) is 34.7 Å². The Morgan fingerprint density at radius 3 is 2.90 bits per heavy atom. The highest BCUT2D eigenvalue weighted by Gasteiger charge is 2.29. The fourth-order valence-electron chi connectivity index (χ4n) is 3.08. The SMILES string of the molecule is NNC(Cc1ccc(Br)cn1)C1CCc2ccccc21. The Kier molecular flexibility index (Phi) is 4.15. The molecule has 104 valence electrons. The second kappa shape index (κ2) is 6.04. The van der Waals surface area contributed by atoms with Crippen LogP contribution in [-0.2, 0) is 12.8 Å². The van der Waals surface area contributed by atoms with E-state index in [9.17, 15) is 0 Å². The third-order valence-electron chi connectivity index (χ3n) is 4.10. The van der Waals surface area contributed by atoms with Crippen molar-refractivity contribution >= 4 is 15.9 Å². The predicted molar refractivity (Wildman–Crippen MR) is 84.3 cm³/mol. The van der Waals surface area contributed by atoms with Gasteiger partial charge in [0.15, 0.2) is 0 Å². The number of fused-ring (bicyclic) bond motifs is 1. The number of nitrogens with two attached hydrogens (primary N) is 1. The minimum Gasteiger partial charge on any atom is -0.271 e. The van der Waals surface area contributed by atoms with Crippen LogP contribution in [0.1, 0.15) is 29.2 Å². The number of aromatic nitrogens is 1. The van der Waals surface area contributed by atoms with E-state index in [0.29, 0.717) is 5.92 Å². The van der Waals surface area contributed by atoms with E-state index in [1.54, 1.807) is 0 Å². The predicted octanol–water partition coefficient (Wildman–Crippen LogP) is 2.95. The summed E-state index contributed by atoms with van der Waals surface area (Å²) in [5.74, 6) is 6.27. The molecular formula is C16H18BrN3. The number of hydrazine groups is 1. The maximum atomic E-state index is 5.80. The van der Waals surface area contributed by atoms with Crippen LogP contribution in [-0.4, -0.2) is 11.0 Å². The Bertz CT molecular complexity index is 583. The van der Waals surface area contributed by atoms with Crippen molar-refractivity contribution < 1.29 is 0 Å². The molecule has 2 aromatic rings. The van der Waals surface area contributed by atoms with E-state index in [1.807, 2.05) is 12.3 Å². The minimum atomic E-state index is 0.229. The van der Waals surface area contributed by atoms with Gasteiger partial charge in [-0.3, -0.25) is 16.3 Å². The van der Waals surface area contributed by atoms with Crippen LogP contribution in [0.25, 0.3) is 0 Å². The van der Waals surface area contributed by atoms with Crippen LogP contribution in [0.2, 0.25) is 0 Å². The molecule has 3 rings (SSSR count). The number of halogens is 1. The van der Waals surface area contributed by atoms with E-state index in [2.05, 4.69) is 56.7 Å². The fraction of sp³-hybridized carbons (Fsp3) is 0.312. The average molecular weight is 332 g/mol. The third-order valence-corrected chi connectivity index (χ3v) is 4.57. The lowest BCUT2D eigenvalue weighted by Gasteiger charge is -2.23. The third kappa shape index (κ3) is 2.77. The first-order valence-electron chi connectivity index (χ1n) is 6.92. The molecule has 0 bridgehead atoms. The topological polar surface area (TPSA) is 50.9 Å². The Hall–Kier alpha value is -1.23. The summed E-state index contributed by atoms with van der Waals surface area (Å²) in [5.41, 5.74) is 6.96. The largest absolute Gasteiger partial charge is 0.271 e. The summed E-state index contributed by atoms with van der Waals surface area (Å²) >= 11 is 3.41. The van der Waals surface area contributed by atoms with E-state index >= 15 is 0 Å². The van der Waals surface area contributed by atoms with Gasteiger partial charge in [-0.25, -0.2) is 0 Å². The number of benzene rings is 1. The van der Waals surface area contributed by atoms with Gasteiger partial charge in [0.2, 0.25) is 0 Å². The van der Waals surface area contributed by atoms with E-state index in [-0.39, 0.29) is 6.04 Å². The van der Waals surface area contributed by atoms with Crippen LogP contribution in [0.15, 0.2) is 47.1 Å². The smallest absolute Gasteiger partial charge is 0.0420 e. The number of nitrogens with one attached hydrogen (secondary N) is 1. The molecule has 2 atom stereocenters. The molecule has 20 heavy (non-hydrogen) atoms. The van der Waals surface area contributed by atoms with Gasteiger partial charge >= 0.3 is 0 Å². The quantitative estimate of drug-likeness (QED) is 0.669. The Morgan fingerprint density at radius 2 is 2.15 bits per heavy atom. The average Bonchev–Trinajstić information content (AvgIpc) is 2.91. The zero-order chi connectivity index (χ0) is 13.9. The molecule has 1 heterocycles. The van der Waals surface area contributed by atoms with Gasteiger partial charge in [-0.1, -0.05) is 24.3 Å². The summed E-state index contributed by atoms with van der Waals surface area (Å²) in [5, 5.41) is 0. The summed E-state index contributed by atoms with van der Waals surface area (Å²) in [6, 6.07) is 13.0. The van der Waals surface area contributed by atoms with E-state index in [1.165, 1.54) is 11.1 Å². The van der Waals surface area contributed by atoms with Crippen LogP contribution < -0.4 is 11.3 Å². The minimum absolute atomic E-state index is 0.229. The van der Waals surface area contributed by atoms with Crippen molar-refractivity contribution in [3.63, 3.8) is 0 Å². The van der Waals surface area contributed by atoms with Crippen LogP contribution in [0.4, 0.5) is 0 Å². The molecule has 0 amide bonds. The van der Waals surface area contributed by atoms with Crippen molar-refractivity contribution in [2.24, 2.45) is 5.84 Å². The van der Waals surface area contributed by atoms with Gasteiger partial charge in [-0.05, 0) is 52.0 Å². The number of pyridine rings is 1. The first kappa shape index (κ1) is 13.7. The van der Waals surface area contributed by atoms with Crippen LogP contribution in [0.3, 0.4) is 0 Å². The van der Waals surface area contributed by atoms with Crippen LogP contribution in [0, 0.1) is 0 Å². The highest BCUT2D eigenvalue weighted by atomic mass is 79.9. The maximum Gasteiger partial charge on any atom is 0.0420 e. The molecule has 0 aliphatic heterocycles. The van der Waals surface area contributed by atoms with E-state index in [4.69, 9.17) is 5.84 Å². The molecule has 3 N–H and O–H groups in total. The van der Waals surface area contributed by atoms with Crippen molar-refractivity contribution in [3.8, 4) is 0 Å². The molecule has 0 saturated heterocycles. The molecule has 1 aromatic heterocycles. The molecule has 4 heteroatoms. The summed E-state index contributed by atoms with van der Waals surface area (Å²) < 4.78 is 1.00. The Balaban J connectivity index is 1.79. The zero-order valence-corrected chi connectivity index (χ0v) is 12.8. The zero-order valence-electron chi connectivity index (χ0n) is 11.2. The standard InChI is InChI=1S/C16H18BrN3/c17-12-6-7-13(19-10-12)9-16(20-18)15-8-5-11-3-1-2-4-14(11)15/h1-4,6-7,10,15-16,20H,5,8-9,18H2. The molecule has 1 aliphatic carbocycles. The lowest BCUT2D eigenvalue weighted by atomic mass is 9.90. The molecule has 3 nitrogen and oxygen atoms in total. The van der Waals surface area contributed by atoms with E-state index in [0.717, 1.165) is 29.4 Å². The number of aryl methyl sites for hydroxylation is 1. The lowest BCUT2D eigenvalue weighted by molar-refractivity contribution is 0.431. The van der Waals surface area contributed by atoms with Gasteiger partial charge in [0.25, 0.3) is 0 Å². The normalized spacial score (nSPS) is 18.8. The Morgan fingerprint density at radius 1 is 1.30 bits per heavy atom. The van der Waals surface area contributed by atoms with Gasteiger partial charge in [-0.15, -0.1) is 0 Å². The van der Waals surface area contributed by atoms with Crippen molar-refractivity contribution in [1.82, 2.24) is 10.4 Å². The first-order valence-corrected chi connectivity index (χ1v) is 7.71. The summed E-state index contributed by atoms with van der Waals surface area (Å²) in [6.07, 6.45) is 4.99. The van der Waals surface area contributed by atoms with Gasteiger partial charge in [0.1, 0.15) is 0 Å². The molecule has 1 aliphatic rings. The van der Waals surface area contributed by atoms with Crippen molar-refractivity contribution in [1.29, 1.82) is 0 Å². The summed E-state index contributed by atoms with van der Waals surface area (Å²) in [7, 11) is 0. The highest BCUT2D eigenvalue weighted by Crippen LogP contribution is 2.36. The molecular weight excluding hydrogens is 314 g/mol. The number of hydrogen-bond donors (Lipinski definition) is 2. The van der Waals surface area contributed by atoms with Gasteiger partial charge < -0.3 is 0 Å². The highest BCUT2D eigenvalue weighted by molar-refractivity contribution is 9.10. The molecule has 0 radical (unpaired) electrons. The van der Waals surface area contributed by atoms with E-state index < -0.39 is 0 Å². The van der Waals surface area contributed by atoms with Crippen LogP contribution in [0.5, 0.6) is 0 Å². The summed E-state index contributed by atoms with van der Waals surface area (Å²) in [6.45, 7) is 0. The first-order chi connectivity index (χ1) is 9.78. The summed E-state index contributed by atoms with van der Waals surface area (Å²) in [4.78, 5) is 4.45. The number of rotatable bonds is 4. The van der Waals surface area contributed by atoms with Crippen molar-refractivity contribution in [2.75, 3.05) is 0 Å². The Labute approximate surface area is 127 Å². The van der Waals surface area contributed by atoms with Crippen molar-refractivity contribution in [3.05, 3.63) is 63.9 Å². The maximum absolute atomic E-state index is 5.80. The lowest BCUT2D eigenvalue weighted by Crippen LogP contribution is -2.41. The second-order valence-electron chi connectivity index (χ2n) is 5.29. The second-order valence-corrected chi connectivity index (χ2v) is 6.20. The van der Waals surface area contributed by atoms with Crippen LogP contribution >= 0.6 is 15.9 Å². The number of hydrogen-bond acceptors (Lipinski definition) is 3. The molecule has 2 unspecified atom stereocenters. The van der Waals surface area contributed by atoms with Crippen molar-refractivity contribution in [2.45, 2.75) is 31.2 Å². The van der Waals surface area contributed by atoms with Gasteiger partial charge in [-0.2, -0.15) is 0 Å². The monoisotopic (exact) mass is 331 g/mol. The molecule has 0 saturated carbocycles. The number of nitrogens with zero attached hydrogens (tertiary/aromatic N) is 1.